The maximum Gasteiger partial charge on any atom is 0.0400 e. The van der Waals surface area contributed by atoms with Crippen molar-refractivity contribution in [2.45, 2.75) is 46.6 Å². The van der Waals surface area contributed by atoms with Gasteiger partial charge in [-0.1, -0.05) is 51.1 Å². The van der Waals surface area contributed by atoms with Crippen molar-refractivity contribution < 1.29 is 0 Å². The first-order valence-corrected chi connectivity index (χ1v) is 7.27. The van der Waals surface area contributed by atoms with Crippen LogP contribution in [0.2, 0.25) is 0 Å². The van der Waals surface area contributed by atoms with E-state index in [-0.39, 0.29) is 5.41 Å². The summed E-state index contributed by atoms with van der Waals surface area (Å²) in [4.78, 5) is 0. The number of aryl methyl sites for hydroxylation is 2. The fraction of sp³-hybridized carbons (Fsp3) is 0.368. The van der Waals surface area contributed by atoms with Gasteiger partial charge in [0.05, 0.1) is 0 Å². The maximum atomic E-state index is 3.49. The minimum absolute atomic E-state index is 0.222. The van der Waals surface area contributed by atoms with Crippen molar-refractivity contribution in [1.29, 1.82) is 0 Å². The molecule has 0 aliphatic heterocycles. The molecule has 20 heavy (non-hydrogen) atoms. The molecule has 2 aromatic rings. The summed E-state index contributed by atoms with van der Waals surface area (Å²) in [7, 11) is 0. The molecule has 0 aromatic heterocycles. The van der Waals surface area contributed by atoms with Crippen LogP contribution in [0.5, 0.6) is 0 Å². The van der Waals surface area contributed by atoms with E-state index < -0.39 is 0 Å². The van der Waals surface area contributed by atoms with Gasteiger partial charge in [0.1, 0.15) is 0 Å². The fourth-order valence-electron chi connectivity index (χ4n) is 2.18. The van der Waals surface area contributed by atoms with Crippen LogP contribution in [0.15, 0.2) is 42.5 Å². The van der Waals surface area contributed by atoms with Gasteiger partial charge in [-0.05, 0) is 53.6 Å². The van der Waals surface area contributed by atoms with Gasteiger partial charge in [-0.2, -0.15) is 0 Å². The van der Waals surface area contributed by atoms with E-state index in [1.165, 1.54) is 27.9 Å². The standard InChI is InChI=1S/C19H25N/c1-14-6-11-18(12-15(14)2)20-13-16-7-9-17(10-8-16)19(3,4)5/h6-12,20H,13H2,1-5H3. The van der Waals surface area contributed by atoms with Crippen molar-refractivity contribution in [3.8, 4) is 0 Å². The zero-order valence-corrected chi connectivity index (χ0v) is 13.2. The van der Waals surface area contributed by atoms with Crippen molar-refractivity contribution in [2.24, 2.45) is 0 Å². The first-order chi connectivity index (χ1) is 9.36. The van der Waals surface area contributed by atoms with Crippen molar-refractivity contribution in [1.82, 2.24) is 0 Å². The van der Waals surface area contributed by atoms with Crippen LogP contribution in [-0.4, -0.2) is 0 Å². The molecule has 1 nitrogen and oxygen atoms in total. The minimum Gasteiger partial charge on any atom is -0.381 e. The van der Waals surface area contributed by atoms with E-state index in [1.54, 1.807) is 0 Å². The number of benzene rings is 2. The average Bonchev–Trinajstić information content (AvgIpc) is 2.40. The molecule has 106 valence electrons. The Kier molecular flexibility index (Phi) is 4.17. The zero-order valence-electron chi connectivity index (χ0n) is 13.2. The molecule has 0 aliphatic rings. The summed E-state index contributed by atoms with van der Waals surface area (Å²) < 4.78 is 0. The molecule has 0 spiro atoms. The summed E-state index contributed by atoms with van der Waals surface area (Å²) in [5.41, 5.74) is 6.78. The van der Waals surface area contributed by atoms with Crippen LogP contribution in [0.4, 0.5) is 5.69 Å². The molecular formula is C19H25N. The summed E-state index contributed by atoms with van der Waals surface area (Å²) in [6, 6.07) is 15.4. The summed E-state index contributed by atoms with van der Waals surface area (Å²) >= 11 is 0. The van der Waals surface area contributed by atoms with Crippen molar-refractivity contribution in [3.05, 3.63) is 64.7 Å². The number of nitrogens with one attached hydrogen (secondary N) is 1. The summed E-state index contributed by atoms with van der Waals surface area (Å²) in [6.07, 6.45) is 0. The molecule has 1 heteroatoms. The Morgan fingerprint density at radius 3 is 2.05 bits per heavy atom. The predicted molar refractivity (Wildman–Crippen MR) is 88.4 cm³/mol. The zero-order chi connectivity index (χ0) is 14.8. The molecule has 0 heterocycles. The molecule has 0 radical (unpaired) electrons. The predicted octanol–water partition coefficient (Wildman–Crippen LogP) is 5.21. The van der Waals surface area contributed by atoms with Gasteiger partial charge in [0.15, 0.2) is 0 Å². The van der Waals surface area contributed by atoms with Gasteiger partial charge in [-0.15, -0.1) is 0 Å². The van der Waals surface area contributed by atoms with Gasteiger partial charge in [0.25, 0.3) is 0 Å². The highest BCUT2D eigenvalue weighted by Gasteiger charge is 2.12. The van der Waals surface area contributed by atoms with E-state index >= 15 is 0 Å². The lowest BCUT2D eigenvalue weighted by Gasteiger charge is -2.19. The molecule has 1 N–H and O–H groups in total. The number of hydrogen-bond acceptors (Lipinski definition) is 1. The second-order valence-electron chi connectivity index (χ2n) is 6.60. The van der Waals surface area contributed by atoms with Crippen LogP contribution in [0, 0.1) is 13.8 Å². The van der Waals surface area contributed by atoms with Crippen LogP contribution in [-0.2, 0) is 12.0 Å². The van der Waals surface area contributed by atoms with E-state index in [2.05, 4.69) is 82.4 Å². The van der Waals surface area contributed by atoms with Gasteiger partial charge < -0.3 is 5.32 Å². The molecule has 0 atom stereocenters. The molecule has 0 bridgehead atoms. The smallest absolute Gasteiger partial charge is 0.0400 e. The maximum absolute atomic E-state index is 3.49. The topological polar surface area (TPSA) is 12.0 Å². The first-order valence-electron chi connectivity index (χ1n) is 7.27. The van der Waals surface area contributed by atoms with Gasteiger partial charge in [-0.25, -0.2) is 0 Å². The van der Waals surface area contributed by atoms with E-state index in [0.29, 0.717) is 0 Å². The highest BCUT2D eigenvalue weighted by molar-refractivity contribution is 5.48. The highest BCUT2D eigenvalue weighted by atomic mass is 14.9. The lowest BCUT2D eigenvalue weighted by Crippen LogP contribution is -2.11. The van der Waals surface area contributed by atoms with Crippen molar-refractivity contribution >= 4 is 5.69 Å². The summed E-state index contributed by atoms with van der Waals surface area (Å²) in [6.45, 7) is 11.9. The Labute approximate surface area is 123 Å². The van der Waals surface area contributed by atoms with Gasteiger partial charge in [0, 0.05) is 12.2 Å². The molecule has 0 saturated heterocycles. The van der Waals surface area contributed by atoms with E-state index in [1.807, 2.05) is 0 Å². The molecule has 0 unspecified atom stereocenters. The lowest BCUT2D eigenvalue weighted by molar-refractivity contribution is 0.590. The number of anilines is 1. The molecule has 0 amide bonds. The fourth-order valence-corrected chi connectivity index (χ4v) is 2.18. The quantitative estimate of drug-likeness (QED) is 0.804. The summed E-state index contributed by atoms with van der Waals surface area (Å²) in [5.74, 6) is 0. The Hall–Kier alpha value is -1.76. The monoisotopic (exact) mass is 267 g/mol. The van der Waals surface area contributed by atoms with Crippen molar-refractivity contribution in [2.75, 3.05) is 5.32 Å². The molecule has 0 fully saturated rings. The van der Waals surface area contributed by atoms with Gasteiger partial charge in [0.2, 0.25) is 0 Å². The highest BCUT2D eigenvalue weighted by Crippen LogP contribution is 2.22. The SMILES string of the molecule is Cc1ccc(NCc2ccc(C(C)(C)C)cc2)cc1C. The third-order valence-electron chi connectivity index (χ3n) is 3.82. The molecular weight excluding hydrogens is 242 g/mol. The third kappa shape index (κ3) is 3.63. The average molecular weight is 267 g/mol. The lowest BCUT2D eigenvalue weighted by atomic mass is 9.87. The van der Waals surface area contributed by atoms with Gasteiger partial charge in [-0.3, -0.25) is 0 Å². The molecule has 0 aliphatic carbocycles. The Bertz CT molecular complexity index is 574. The van der Waals surface area contributed by atoms with Crippen LogP contribution < -0.4 is 5.32 Å². The minimum atomic E-state index is 0.222. The molecule has 2 aromatic carbocycles. The van der Waals surface area contributed by atoms with E-state index in [9.17, 15) is 0 Å². The third-order valence-corrected chi connectivity index (χ3v) is 3.82. The second-order valence-corrected chi connectivity index (χ2v) is 6.60. The van der Waals surface area contributed by atoms with E-state index in [4.69, 9.17) is 0 Å². The number of hydrogen-bond donors (Lipinski definition) is 1. The molecule has 0 saturated carbocycles. The Morgan fingerprint density at radius 1 is 0.850 bits per heavy atom. The van der Waals surface area contributed by atoms with E-state index in [0.717, 1.165) is 6.54 Å². The van der Waals surface area contributed by atoms with Crippen molar-refractivity contribution in [3.63, 3.8) is 0 Å². The first kappa shape index (κ1) is 14.6. The van der Waals surface area contributed by atoms with Crippen LogP contribution >= 0.6 is 0 Å². The van der Waals surface area contributed by atoms with Crippen LogP contribution in [0.3, 0.4) is 0 Å². The summed E-state index contributed by atoms with van der Waals surface area (Å²) in [5, 5.41) is 3.49. The normalized spacial score (nSPS) is 11.4. The van der Waals surface area contributed by atoms with Crippen LogP contribution in [0.1, 0.15) is 43.0 Å². The Balaban J connectivity index is 2.02. The molecule has 2 rings (SSSR count). The van der Waals surface area contributed by atoms with Crippen LogP contribution in [0.25, 0.3) is 0 Å². The second kappa shape index (κ2) is 5.70. The van der Waals surface area contributed by atoms with Gasteiger partial charge >= 0.3 is 0 Å². The largest absolute Gasteiger partial charge is 0.381 e. The Morgan fingerprint density at radius 2 is 1.50 bits per heavy atom. The number of rotatable bonds is 3.